The summed E-state index contributed by atoms with van der Waals surface area (Å²) in [5.41, 5.74) is 17.6. The number of anilines is 6. The number of aryl methyl sites for hydroxylation is 3. The maximum atomic E-state index is 2.60. The lowest BCUT2D eigenvalue weighted by Crippen LogP contribution is -2.60. The number of para-hydroxylation sites is 1. The van der Waals surface area contributed by atoms with E-state index in [0.717, 1.165) is 0 Å². The Labute approximate surface area is 283 Å². The lowest BCUT2D eigenvalue weighted by Gasteiger charge is -2.43. The van der Waals surface area contributed by atoms with Crippen LogP contribution in [-0.4, -0.2) is 6.71 Å². The molecule has 0 unspecified atom stereocenters. The molecular formula is C43H41BN2S. The van der Waals surface area contributed by atoms with E-state index in [4.69, 9.17) is 0 Å². The highest BCUT2D eigenvalue weighted by molar-refractivity contribution is 7.33. The van der Waals surface area contributed by atoms with Gasteiger partial charge in [-0.15, -0.1) is 11.3 Å². The molecule has 5 aromatic carbocycles. The smallest absolute Gasteiger partial charge is 0.264 e. The van der Waals surface area contributed by atoms with Gasteiger partial charge in [-0.2, -0.15) is 0 Å². The van der Waals surface area contributed by atoms with Crippen molar-refractivity contribution >= 4 is 78.0 Å². The van der Waals surface area contributed by atoms with Gasteiger partial charge in [-0.25, -0.2) is 0 Å². The quantitative estimate of drug-likeness (QED) is 0.176. The van der Waals surface area contributed by atoms with E-state index >= 15 is 0 Å². The lowest BCUT2D eigenvalue weighted by molar-refractivity contribution is 0.332. The molecule has 0 saturated heterocycles. The summed E-state index contributed by atoms with van der Waals surface area (Å²) < 4.78 is 2.85. The standard InChI is InChI=1S/C43H41BN2S/c1-26-12-16-29(17-13-26)45-35-11-9-8-10-34(35)44-39-36(45)22-28(3)23-37(39)46(30-18-14-27(2)15-19-30)40-31-24-32-33(25-38(31)47-41(40)44)43(6,7)21-20-42(32,4)5/h8-19,22-25H,20-21H2,1-7H3. The van der Waals surface area contributed by atoms with Crippen LogP contribution >= 0.6 is 11.3 Å². The highest BCUT2D eigenvalue weighted by Gasteiger charge is 2.46. The molecule has 0 radical (unpaired) electrons. The van der Waals surface area contributed by atoms with Crippen molar-refractivity contribution in [3.05, 3.63) is 125 Å². The summed E-state index contributed by atoms with van der Waals surface area (Å²) >= 11 is 2.02. The number of nitrogens with zero attached hydrogens (tertiary/aromatic N) is 2. The SMILES string of the molecule is Cc1ccc(N2c3ccccc3B3c4sc5cc6c(cc5c4N(c4ccc(C)cc4)c4cc(C)cc2c43)C(C)(C)CCC6(C)C)cc1. The molecule has 6 aromatic rings. The van der Waals surface area contributed by atoms with Gasteiger partial charge in [0.2, 0.25) is 0 Å². The minimum atomic E-state index is 0.144. The number of fused-ring (bicyclic) bond motifs is 7. The molecular weight excluding hydrogens is 587 g/mol. The molecule has 1 aliphatic carbocycles. The molecule has 9 rings (SSSR count). The summed E-state index contributed by atoms with van der Waals surface area (Å²) in [6.07, 6.45) is 2.43. The van der Waals surface area contributed by atoms with E-state index < -0.39 is 0 Å². The second-order valence-corrected chi connectivity index (χ2v) is 16.6. The van der Waals surface area contributed by atoms with Crippen LogP contribution in [0.5, 0.6) is 0 Å². The highest BCUT2D eigenvalue weighted by atomic mass is 32.1. The van der Waals surface area contributed by atoms with Crippen molar-refractivity contribution in [3.63, 3.8) is 0 Å². The summed E-state index contributed by atoms with van der Waals surface area (Å²) in [4.78, 5) is 5.11. The van der Waals surface area contributed by atoms with E-state index in [1.807, 2.05) is 11.3 Å². The minimum Gasteiger partial charge on any atom is -0.311 e. The van der Waals surface area contributed by atoms with Crippen molar-refractivity contribution in [2.24, 2.45) is 0 Å². The van der Waals surface area contributed by atoms with Crippen LogP contribution in [0.4, 0.5) is 34.1 Å². The van der Waals surface area contributed by atoms with Gasteiger partial charge in [0.25, 0.3) is 6.71 Å². The maximum Gasteiger partial charge on any atom is 0.264 e. The molecule has 3 aliphatic rings. The summed E-state index contributed by atoms with van der Waals surface area (Å²) in [5.74, 6) is 0. The average Bonchev–Trinajstić information content (AvgIpc) is 3.42. The summed E-state index contributed by atoms with van der Waals surface area (Å²) in [6, 6.07) is 37.3. The fourth-order valence-corrected chi connectivity index (χ4v) is 9.90. The Hall–Kier alpha value is -4.28. The Morgan fingerprint density at radius 1 is 0.596 bits per heavy atom. The predicted molar refractivity (Wildman–Crippen MR) is 205 cm³/mol. The molecule has 0 fully saturated rings. The number of hydrogen-bond acceptors (Lipinski definition) is 3. The summed E-state index contributed by atoms with van der Waals surface area (Å²) in [5, 5.41) is 1.39. The van der Waals surface area contributed by atoms with E-state index in [0.29, 0.717) is 0 Å². The van der Waals surface area contributed by atoms with Crippen molar-refractivity contribution in [2.75, 3.05) is 9.80 Å². The fraction of sp³-hybridized carbons (Fsp3) is 0.256. The first-order valence-electron chi connectivity index (χ1n) is 17.1. The van der Waals surface area contributed by atoms with Crippen LogP contribution in [0.25, 0.3) is 10.1 Å². The molecule has 232 valence electrons. The van der Waals surface area contributed by atoms with Crippen molar-refractivity contribution < 1.29 is 0 Å². The molecule has 3 heterocycles. The highest BCUT2D eigenvalue weighted by Crippen LogP contribution is 2.52. The van der Waals surface area contributed by atoms with Crippen molar-refractivity contribution in [3.8, 4) is 0 Å². The zero-order valence-electron chi connectivity index (χ0n) is 28.5. The van der Waals surface area contributed by atoms with Crippen LogP contribution in [-0.2, 0) is 10.8 Å². The molecule has 1 aromatic heterocycles. The van der Waals surface area contributed by atoms with Gasteiger partial charge in [-0.05, 0) is 127 Å². The van der Waals surface area contributed by atoms with Crippen LogP contribution in [0.15, 0.2) is 97.1 Å². The van der Waals surface area contributed by atoms with Crippen LogP contribution in [0.3, 0.4) is 0 Å². The van der Waals surface area contributed by atoms with Crippen LogP contribution < -0.4 is 25.5 Å². The molecule has 2 aliphatic heterocycles. The number of hydrogen-bond donors (Lipinski definition) is 0. The van der Waals surface area contributed by atoms with E-state index in [9.17, 15) is 0 Å². The van der Waals surface area contributed by atoms with E-state index in [-0.39, 0.29) is 17.5 Å². The van der Waals surface area contributed by atoms with Crippen molar-refractivity contribution in [2.45, 2.75) is 72.1 Å². The Bertz CT molecular complexity index is 2240. The van der Waals surface area contributed by atoms with E-state index in [1.54, 1.807) is 0 Å². The van der Waals surface area contributed by atoms with E-state index in [1.165, 1.54) is 101 Å². The monoisotopic (exact) mass is 628 g/mol. The summed E-state index contributed by atoms with van der Waals surface area (Å²) in [7, 11) is 0. The second-order valence-electron chi connectivity index (χ2n) is 15.5. The summed E-state index contributed by atoms with van der Waals surface area (Å²) in [6.45, 7) is 16.6. The van der Waals surface area contributed by atoms with Gasteiger partial charge in [0.15, 0.2) is 0 Å². The zero-order chi connectivity index (χ0) is 32.4. The first kappa shape index (κ1) is 28.9. The van der Waals surface area contributed by atoms with Crippen LogP contribution in [0, 0.1) is 20.8 Å². The van der Waals surface area contributed by atoms with Crippen molar-refractivity contribution in [1.29, 1.82) is 0 Å². The van der Waals surface area contributed by atoms with Gasteiger partial charge in [-0.1, -0.05) is 81.3 Å². The minimum absolute atomic E-state index is 0.144. The Morgan fingerprint density at radius 2 is 1.15 bits per heavy atom. The van der Waals surface area contributed by atoms with Gasteiger partial charge in [0.05, 0.1) is 5.69 Å². The van der Waals surface area contributed by atoms with Crippen LogP contribution in [0.1, 0.15) is 68.4 Å². The third-order valence-corrected chi connectivity index (χ3v) is 12.5. The number of thiophene rings is 1. The number of benzene rings is 5. The lowest BCUT2D eigenvalue weighted by atomic mass is 9.36. The largest absolute Gasteiger partial charge is 0.311 e. The Kier molecular flexibility index (Phi) is 6.07. The van der Waals surface area contributed by atoms with Gasteiger partial charge in [0, 0.05) is 43.3 Å². The van der Waals surface area contributed by atoms with Gasteiger partial charge < -0.3 is 9.80 Å². The predicted octanol–water partition coefficient (Wildman–Crippen LogP) is 10.3. The molecule has 0 N–H and O–H groups in total. The molecule has 4 heteroatoms. The van der Waals surface area contributed by atoms with Gasteiger partial charge in [0.1, 0.15) is 0 Å². The first-order chi connectivity index (χ1) is 22.5. The molecule has 0 spiro atoms. The van der Waals surface area contributed by atoms with Crippen molar-refractivity contribution in [1.82, 2.24) is 0 Å². The fourth-order valence-electron chi connectivity index (χ4n) is 8.56. The Balaban J connectivity index is 1.41. The third kappa shape index (κ3) is 4.17. The second kappa shape index (κ2) is 9.87. The van der Waals surface area contributed by atoms with E-state index in [2.05, 4.69) is 155 Å². The van der Waals surface area contributed by atoms with Crippen LogP contribution in [0.2, 0.25) is 0 Å². The molecule has 0 atom stereocenters. The third-order valence-electron chi connectivity index (χ3n) is 11.3. The molecule has 0 saturated carbocycles. The molecule has 0 amide bonds. The Morgan fingerprint density at radius 3 is 1.79 bits per heavy atom. The normalized spacial score (nSPS) is 16.9. The zero-order valence-corrected chi connectivity index (χ0v) is 29.3. The average molecular weight is 629 g/mol. The van der Waals surface area contributed by atoms with Gasteiger partial charge >= 0.3 is 0 Å². The van der Waals surface area contributed by atoms with Gasteiger partial charge in [-0.3, -0.25) is 0 Å². The topological polar surface area (TPSA) is 6.48 Å². The maximum absolute atomic E-state index is 2.60. The first-order valence-corrected chi connectivity index (χ1v) is 17.9. The molecule has 2 nitrogen and oxygen atoms in total. The molecule has 0 bridgehead atoms. The number of rotatable bonds is 2. The molecule has 47 heavy (non-hydrogen) atoms.